The third-order valence-electron chi connectivity index (χ3n) is 2.35. The maximum absolute atomic E-state index is 11.7. The average Bonchev–Trinajstić information content (AvgIpc) is 2.80. The van der Waals surface area contributed by atoms with E-state index in [4.69, 9.17) is 0 Å². The minimum Gasteiger partial charge on any atom is -0.363 e. The van der Waals surface area contributed by atoms with Crippen molar-refractivity contribution in [2.24, 2.45) is 0 Å². The van der Waals surface area contributed by atoms with E-state index in [-0.39, 0.29) is 4.87 Å². The molecule has 7 heteroatoms. The molecule has 0 spiro atoms. The molecule has 5 nitrogen and oxygen atoms in total. The molecule has 2 aromatic rings. The SMILES string of the molecule is CNc1nnc(Cn2c(C)c(C)sc2=O)s1. The highest BCUT2D eigenvalue weighted by molar-refractivity contribution is 7.15. The van der Waals surface area contributed by atoms with Gasteiger partial charge >= 0.3 is 4.87 Å². The molecule has 2 aromatic heterocycles. The van der Waals surface area contributed by atoms with Crippen molar-refractivity contribution in [3.8, 4) is 0 Å². The average molecular weight is 256 g/mol. The summed E-state index contributed by atoms with van der Waals surface area (Å²) in [5.41, 5.74) is 1.01. The van der Waals surface area contributed by atoms with Gasteiger partial charge in [-0.1, -0.05) is 22.7 Å². The Kier molecular flexibility index (Phi) is 3.06. The van der Waals surface area contributed by atoms with E-state index in [1.165, 1.54) is 22.7 Å². The summed E-state index contributed by atoms with van der Waals surface area (Å²) in [4.78, 5) is 12.8. The second kappa shape index (κ2) is 4.34. The van der Waals surface area contributed by atoms with Gasteiger partial charge in [-0.2, -0.15) is 0 Å². The van der Waals surface area contributed by atoms with Crippen LogP contribution in [-0.4, -0.2) is 21.8 Å². The predicted octanol–water partition coefficient (Wildman–Crippen LogP) is 1.47. The molecule has 1 N–H and O–H groups in total. The van der Waals surface area contributed by atoms with Crippen LogP contribution in [0.25, 0.3) is 0 Å². The van der Waals surface area contributed by atoms with E-state index in [9.17, 15) is 4.79 Å². The molecule has 0 saturated heterocycles. The van der Waals surface area contributed by atoms with Gasteiger partial charge in [-0.05, 0) is 13.8 Å². The third-order valence-corrected chi connectivity index (χ3v) is 4.27. The van der Waals surface area contributed by atoms with E-state index in [1.807, 2.05) is 13.8 Å². The highest BCUT2D eigenvalue weighted by Crippen LogP contribution is 2.17. The van der Waals surface area contributed by atoms with Crippen LogP contribution in [0.5, 0.6) is 0 Å². The highest BCUT2D eigenvalue weighted by Gasteiger charge is 2.10. The number of aromatic nitrogens is 3. The van der Waals surface area contributed by atoms with Crippen molar-refractivity contribution >= 4 is 27.8 Å². The van der Waals surface area contributed by atoms with Gasteiger partial charge in [0.05, 0.1) is 6.54 Å². The molecule has 86 valence electrons. The van der Waals surface area contributed by atoms with Crippen LogP contribution in [0.3, 0.4) is 0 Å². The number of nitrogens with zero attached hydrogens (tertiary/aromatic N) is 3. The molecule has 0 aliphatic rings. The summed E-state index contributed by atoms with van der Waals surface area (Å²) in [6.07, 6.45) is 0. The lowest BCUT2D eigenvalue weighted by Crippen LogP contribution is -2.15. The van der Waals surface area contributed by atoms with E-state index < -0.39 is 0 Å². The third kappa shape index (κ3) is 2.00. The van der Waals surface area contributed by atoms with Gasteiger partial charge in [0.2, 0.25) is 5.13 Å². The molecule has 0 bridgehead atoms. The minimum absolute atomic E-state index is 0.0659. The van der Waals surface area contributed by atoms with Gasteiger partial charge in [0, 0.05) is 17.6 Å². The number of rotatable bonds is 3. The van der Waals surface area contributed by atoms with Crippen LogP contribution in [-0.2, 0) is 6.54 Å². The highest BCUT2D eigenvalue weighted by atomic mass is 32.1. The molecule has 0 aliphatic carbocycles. The van der Waals surface area contributed by atoms with Gasteiger partial charge in [-0.15, -0.1) is 10.2 Å². The molecular formula is C9H12N4OS2. The summed E-state index contributed by atoms with van der Waals surface area (Å²) in [5.74, 6) is 0. The molecule has 0 atom stereocenters. The van der Waals surface area contributed by atoms with E-state index in [0.29, 0.717) is 6.54 Å². The monoisotopic (exact) mass is 256 g/mol. The van der Waals surface area contributed by atoms with Crippen molar-refractivity contribution in [2.75, 3.05) is 12.4 Å². The fourth-order valence-corrected chi connectivity index (χ4v) is 2.84. The normalized spacial score (nSPS) is 10.7. The number of hydrogen-bond acceptors (Lipinski definition) is 6. The number of nitrogens with one attached hydrogen (secondary N) is 1. The standard InChI is InChI=1S/C9H12N4OS2/c1-5-6(2)15-9(14)13(5)4-7-11-12-8(10-3)16-7/h4H2,1-3H3,(H,10,12). The topological polar surface area (TPSA) is 59.8 Å². The summed E-state index contributed by atoms with van der Waals surface area (Å²) in [6.45, 7) is 4.42. The Bertz CT molecular complexity index is 554. The van der Waals surface area contributed by atoms with Crippen molar-refractivity contribution in [3.05, 3.63) is 25.2 Å². The molecule has 0 aliphatic heterocycles. The molecule has 0 amide bonds. The van der Waals surface area contributed by atoms with Crippen LogP contribution in [0.2, 0.25) is 0 Å². The van der Waals surface area contributed by atoms with Crippen LogP contribution in [0.15, 0.2) is 4.79 Å². The van der Waals surface area contributed by atoms with Crippen molar-refractivity contribution in [1.29, 1.82) is 0 Å². The number of thiazole rings is 1. The van der Waals surface area contributed by atoms with Crippen molar-refractivity contribution in [3.63, 3.8) is 0 Å². The molecule has 16 heavy (non-hydrogen) atoms. The van der Waals surface area contributed by atoms with Gasteiger partial charge in [0.25, 0.3) is 0 Å². The minimum atomic E-state index is 0.0659. The van der Waals surface area contributed by atoms with Crippen LogP contribution in [0, 0.1) is 13.8 Å². The molecular weight excluding hydrogens is 244 g/mol. The molecule has 0 unspecified atom stereocenters. The number of hydrogen-bond donors (Lipinski definition) is 1. The Labute approximate surface area is 101 Å². The van der Waals surface area contributed by atoms with Crippen molar-refractivity contribution in [2.45, 2.75) is 20.4 Å². The Morgan fingerprint density at radius 1 is 1.31 bits per heavy atom. The van der Waals surface area contributed by atoms with E-state index in [0.717, 1.165) is 20.7 Å². The van der Waals surface area contributed by atoms with Crippen LogP contribution < -0.4 is 10.2 Å². The first-order chi connectivity index (χ1) is 7.61. The summed E-state index contributed by atoms with van der Waals surface area (Å²) < 4.78 is 1.74. The van der Waals surface area contributed by atoms with Gasteiger partial charge in [0.1, 0.15) is 5.01 Å². The lowest BCUT2D eigenvalue weighted by Gasteiger charge is -2.00. The first kappa shape index (κ1) is 11.3. The second-order valence-electron chi connectivity index (χ2n) is 3.35. The zero-order valence-corrected chi connectivity index (χ0v) is 10.9. The molecule has 2 heterocycles. The molecule has 2 rings (SSSR count). The Balaban J connectivity index is 2.30. The fourth-order valence-electron chi connectivity index (χ4n) is 1.32. The largest absolute Gasteiger partial charge is 0.363 e. The zero-order valence-electron chi connectivity index (χ0n) is 9.27. The molecule has 0 fully saturated rings. The van der Waals surface area contributed by atoms with Crippen LogP contribution in [0.4, 0.5) is 5.13 Å². The van der Waals surface area contributed by atoms with Crippen molar-refractivity contribution in [1.82, 2.24) is 14.8 Å². The van der Waals surface area contributed by atoms with E-state index in [2.05, 4.69) is 15.5 Å². The van der Waals surface area contributed by atoms with Gasteiger partial charge in [-0.25, -0.2) is 0 Å². The Morgan fingerprint density at radius 2 is 2.06 bits per heavy atom. The molecule has 0 radical (unpaired) electrons. The first-order valence-electron chi connectivity index (χ1n) is 4.78. The van der Waals surface area contributed by atoms with Crippen LogP contribution in [0.1, 0.15) is 15.6 Å². The number of aryl methyl sites for hydroxylation is 1. The van der Waals surface area contributed by atoms with Crippen molar-refractivity contribution < 1.29 is 0 Å². The summed E-state index contributed by atoms with van der Waals surface area (Å²) >= 11 is 2.74. The smallest absolute Gasteiger partial charge is 0.307 e. The summed E-state index contributed by atoms with van der Waals surface area (Å²) in [5, 5.41) is 12.5. The second-order valence-corrected chi connectivity index (χ2v) is 5.57. The van der Waals surface area contributed by atoms with E-state index in [1.54, 1.807) is 11.6 Å². The van der Waals surface area contributed by atoms with Gasteiger partial charge < -0.3 is 5.32 Å². The Morgan fingerprint density at radius 3 is 2.56 bits per heavy atom. The van der Waals surface area contributed by atoms with Gasteiger partial charge in [0.15, 0.2) is 0 Å². The van der Waals surface area contributed by atoms with Crippen LogP contribution >= 0.6 is 22.7 Å². The van der Waals surface area contributed by atoms with E-state index >= 15 is 0 Å². The Hall–Kier alpha value is -1.21. The lowest BCUT2D eigenvalue weighted by molar-refractivity contribution is 0.737. The quantitative estimate of drug-likeness (QED) is 0.903. The number of anilines is 1. The molecule has 0 aromatic carbocycles. The lowest BCUT2D eigenvalue weighted by atomic mass is 10.4. The fraction of sp³-hybridized carbons (Fsp3) is 0.444. The zero-order chi connectivity index (χ0) is 11.7. The van der Waals surface area contributed by atoms with Gasteiger partial charge in [-0.3, -0.25) is 9.36 Å². The maximum atomic E-state index is 11.7. The predicted molar refractivity (Wildman–Crippen MR) is 66.6 cm³/mol. The summed E-state index contributed by atoms with van der Waals surface area (Å²) in [6, 6.07) is 0. The first-order valence-corrected chi connectivity index (χ1v) is 6.42. The molecule has 0 saturated carbocycles. The summed E-state index contributed by atoms with van der Waals surface area (Å²) in [7, 11) is 1.80. The maximum Gasteiger partial charge on any atom is 0.307 e.